The van der Waals surface area contributed by atoms with E-state index in [-0.39, 0.29) is 4.90 Å². The Bertz CT molecular complexity index is 1250. The van der Waals surface area contributed by atoms with Crippen LogP contribution in [0.4, 0.5) is 0 Å². The lowest BCUT2D eigenvalue weighted by atomic mass is 9.99. The van der Waals surface area contributed by atoms with Crippen molar-refractivity contribution in [3.05, 3.63) is 88.4 Å². The number of sulfonamides is 1. The maximum atomic E-state index is 13.6. The Balaban J connectivity index is 1.83. The average molecular weight is 471 g/mol. The third-order valence-electron chi connectivity index (χ3n) is 5.36. The first-order valence-corrected chi connectivity index (χ1v) is 11.8. The molecule has 3 aromatic rings. The van der Waals surface area contributed by atoms with Crippen molar-refractivity contribution in [3.8, 4) is 11.5 Å². The molecule has 1 heterocycles. The summed E-state index contributed by atoms with van der Waals surface area (Å²) in [7, 11) is -0.763. The van der Waals surface area contributed by atoms with E-state index in [9.17, 15) is 8.42 Å². The van der Waals surface area contributed by atoms with Crippen LogP contribution in [-0.4, -0.2) is 32.8 Å². The van der Waals surface area contributed by atoms with E-state index in [1.165, 1.54) is 4.41 Å². The molecular formula is C24H23ClN2O4S. The van der Waals surface area contributed by atoms with Crippen molar-refractivity contribution in [2.75, 3.05) is 14.2 Å². The normalized spacial score (nSPS) is 16.1. The Labute approximate surface area is 193 Å². The van der Waals surface area contributed by atoms with Gasteiger partial charge in [-0.1, -0.05) is 41.4 Å². The number of benzene rings is 3. The molecule has 166 valence electrons. The van der Waals surface area contributed by atoms with Crippen molar-refractivity contribution < 1.29 is 17.9 Å². The van der Waals surface area contributed by atoms with Crippen LogP contribution < -0.4 is 9.47 Å². The van der Waals surface area contributed by atoms with Crippen LogP contribution in [0.2, 0.25) is 5.02 Å². The molecule has 32 heavy (non-hydrogen) atoms. The number of hydrogen-bond acceptors (Lipinski definition) is 5. The van der Waals surface area contributed by atoms with Gasteiger partial charge in [-0.05, 0) is 48.9 Å². The molecule has 3 aromatic carbocycles. The molecule has 0 unspecified atom stereocenters. The minimum Gasteiger partial charge on any atom is -0.497 e. The summed E-state index contributed by atoms with van der Waals surface area (Å²) in [6.07, 6.45) is 0.377. The largest absolute Gasteiger partial charge is 0.497 e. The molecule has 0 aromatic heterocycles. The molecule has 1 aliphatic rings. The van der Waals surface area contributed by atoms with E-state index in [1.54, 1.807) is 62.8 Å². The Hall–Kier alpha value is -3.03. The van der Waals surface area contributed by atoms with Gasteiger partial charge < -0.3 is 9.47 Å². The van der Waals surface area contributed by atoms with Crippen molar-refractivity contribution in [3.63, 3.8) is 0 Å². The van der Waals surface area contributed by atoms with Gasteiger partial charge in [0.1, 0.15) is 11.5 Å². The third-order valence-corrected chi connectivity index (χ3v) is 7.29. The summed E-state index contributed by atoms with van der Waals surface area (Å²) < 4.78 is 39.1. The van der Waals surface area contributed by atoms with Gasteiger partial charge in [0, 0.05) is 23.1 Å². The highest BCUT2D eigenvalue weighted by atomic mass is 35.5. The molecule has 0 spiro atoms. The molecule has 1 aliphatic heterocycles. The fourth-order valence-electron chi connectivity index (χ4n) is 3.64. The Kier molecular flexibility index (Phi) is 6.13. The topological polar surface area (TPSA) is 68.2 Å². The zero-order valence-electron chi connectivity index (χ0n) is 17.9. The summed E-state index contributed by atoms with van der Waals surface area (Å²) in [5.41, 5.74) is 3.09. The molecule has 0 saturated carbocycles. The van der Waals surface area contributed by atoms with Crippen LogP contribution in [0.5, 0.6) is 11.5 Å². The molecule has 0 aliphatic carbocycles. The summed E-state index contributed by atoms with van der Waals surface area (Å²) in [6.45, 7) is 1.91. The van der Waals surface area contributed by atoms with Gasteiger partial charge in [0.2, 0.25) is 0 Å². The summed E-state index contributed by atoms with van der Waals surface area (Å²) in [5.74, 6) is 1.20. The highest BCUT2D eigenvalue weighted by Crippen LogP contribution is 2.38. The molecule has 8 heteroatoms. The zero-order chi connectivity index (χ0) is 22.9. The maximum absolute atomic E-state index is 13.6. The third kappa shape index (κ3) is 4.31. The van der Waals surface area contributed by atoms with E-state index in [0.717, 1.165) is 16.7 Å². The number of hydrazone groups is 1. The van der Waals surface area contributed by atoms with Gasteiger partial charge >= 0.3 is 0 Å². The molecule has 0 amide bonds. The lowest BCUT2D eigenvalue weighted by molar-refractivity contribution is 0.371. The van der Waals surface area contributed by atoms with Crippen molar-refractivity contribution in [1.82, 2.24) is 4.41 Å². The average Bonchev–Trinajstić information content (AvgIpc) is 3.25. The van der Waals surface area contributed by atoms with Crippen LogP contribution in [0.25, 0.3) is 0 Å². The van der Waals surface area contributed by atoms with E-state index < -0.39 is 16.1 Å². The predicted octanol–water partition coefficient (Wildman–Crippen LogP) is 5.21. The quantitative estimate of drug-likeness (QED) is 0.496. The molecule has 0 radical (unpaired) electrons. The van der Waals surface area contributed by atoms with Gasteiger partial charge in [0.25, 0.3) is 10.0 Å². The minimum atomic E-state index is -3.90. The van der Waals surface area contributed by atoms with E-state index in [0.29, 0.717) is 28.7 Å². The van der Waals surface area contributed by atoms with Crippen LogP contribution in [0.3, 0.4) is 0 Å². The van der Waals surface area contributed by atoms with Gasteiger partial charge in [-0.3, -0.25) is 0 Å². The predicted molar refractivity (Wildman–Crippen MR) is 125 cm³/mol. The van der Waals surface area contributed by atoms with E-state index >= 15 is 0 Å². The van der Waals surface area contributed by atoms with Crippen molar-refractivity contribution >= 4 is 27.3 Å². The van der Waals surface area contributed by atoms with Gasteiger partial charge in [0.05, 0.1) is 30.9 Å². The van der Waals surface area contributed by atoms with Gasteiger partial charge in [-0.2, -0.15) is 17.9 Å². The first-order valence-electron chi connectivity index (χ1n) is 9.99. The fraction of sp³-hybridized carbons (Fsp3) is 0.208. The monoisotopic (exact) mass is 470 g/mol. The Morgan fingerprint density at radius 1 is 0.969 bits per heavy atom. The van der Waals surface area contributed by atoms with Gasteiger partial charge in [-0.15, -0.1) is 0 Å². The Morgan fingerprint density at radius 2 is 1.62 bits per heavy atom. The van der Waals surface area contributed by atoms with Crippen LogP contribution in [0.15, 0.2) is 76.7 Å². The fourth-order valence-corrected chi connectivity index (χ4v) is 5.27. The molecule has 6 nitrogen and oxygen atoms in total. The number of halogens is 1. The second-order valence-corrected chi connectivity index (χ2v) is 9.75. The maximum Gasteiger partial charge on any atom is 0.279 e. The first-order chi connectivity index (χ1) is 15.3. The number of ether oxygens (including phenoxy) is 2. The molecule has 0 bridgehead atoms. The molecule has 0 fully saturated rings. The summed E-state index contributed by atoms with van der Waals surface area (Å²) in [5, 5.41) is 5.11. The summed E-state index contributed by atoms with van der Waals surface area (Å²) in [6, 6.07) is 18.8. The molecule has 0 N–H and O–H groups in total. The minimum absolute atomic E-state index is 0.184. The number of aryl methyl sites for hydroxylation is 1. The second kappa shape index (κ2) is 8.84. The van der Waals surface area contributed by atoms with E-state index in [2.05, 4.69) is 5.10 Å². The first kappa shape index (κ1) is 22.2. The molecule has 4 rings (SSSR count). The highest BCUT2D eigenvalue weighted by Gasteiger charge is 2.38. The van der Waals surface area contributed by atoms with Crippen LogP contribution in [0, 0.1) is 6.92 Å². The summed E-state index contributed by atoms with van der Waals surface area (Å²) >= 11 is 6.21. The van der Waals surface area contributed by atoms with Crippen molar-refractivity contribution in [1.29, 1.82) is 0 Å². The second-order valence-electron chi connectivity index (χ2n) is 7.51. The van der Waals surface area contributed by atoms with Crippen LogP contribution in [-0.2, 0) is 10.0 Å². The van der Waals surface area contributed by atoms with Gasteiger partial charge in [-0.25, -0.2) is 0 Å². The lowest BCUT2D eigenvalue weighted by Crippen LogP contribution is -2.27. The number of hydrogen-bond donors (Lipinski definition) is 0. The number of methoxy groups -OCH3 is 2. The zero-order valence-corrected chi connectivity index (χ0v) is 19.5. The van der Waals surface area contributed by atoms with Crippen LogP contribution in [0.1, 0.15) is 29.2 Å². The molecular weight excluding hydrogens is 448 g/mol. The van der Waals surface area contributed by atoms with Crippen LogP contribution >= 0.6 is 11.6 Å². The summed E-state index contributed by atoms with van der Waals surface area (Å²) in [4.78, 5) is 0.184. The van der Waals surface area contributed by atoms with Crippen molar-refractivity contribution in [2.24, 2.45) is 5.10 Å². The Morgan fingerprint density at radius 3 is 2.22 bits per heavy atom. The van der Waals surface area contributed by atoms with E-state index in [4.69, 9.17) is 21.1 Å². The highest BCUT2D eigenvalue weighted by molar-refractivity contribution is 7.89. The smallest absolute Gasteiger partial charge is 0.279 e. The molecule has 0 saturated heterocycles. The number of nitrogens with zero attached hydrogens (tertiary/aromatic N) is 2. The SMILES string of the molecule is COc1cc(OC)cc(C2=NN(S(=O)(=O)c3ccc(C)cc3)[C@@H](c3cccc(Cl)c3)C2)c1. The van der Waals surface area contributed by atoms with Gasteiger partial charge in [0.15, 0.2) is 0 Å². The standard InChI is InChI=1S/C24H23ClN2O4S/c1-16-7-9-22(10-8-16)32(28,29)27-24(17-5-4-6-19(25)11-17)15-23(26-27)18-12-20(30-2)14-21(13-18)31-3/h4-14,24H,15H2,1-3H3/t24-/m1/s1. The lowest BCUT2D eigenvalue weighted by Gasteiger charge is -2.23. The number of rotatable bonds is 6. The van der Waals surface area contributed by atoms with Crippen molar-refractivity contribution in [2.45, 2.75) is 24.3 Å². The molecule has 1 atom stereocenters. The van der Waals surface area contributed by atoms with E-state index in [1.807, 2.05) is 25.1 Å².